The molecule has 0 spiro atoms. The van der Waals surface area contributed by atoms with Crippen molar-refractivity contribution >= 4 is 17.2 Å². The van der Waals surface area contributed by atoms with Crippen molar-refractivity contribution in [1.29, 1.82) is 0 Å². The predicted molar refractivity (Wildman–Crippen MR) is 57.9 cm³/mol. The zero-order valence-electron chi connectivity index (χ0n) is 8.17. The van der Waals surface area contributed by atoms with Gasteiger partial charge in [0.05, 0.1) is 0 Å². The second-order valence-corrected chi connectivity index (χ2v) is 3.44. The lowest BCUT2D eigenvalue weighted by Crippen LogP contribution is -2.31. The number of rotatable bonds is 4. The van der Waals surface area contributed by atoms with E-state index in [1.807, 2.05) is 0 Å². The Hall–Kier alpha value is -1.23. The van der Waals surface area contributed by atoms with Crippen molar-refractivity contribution < 1.29 is 13.5 Å². The fourth-order valence-electron chi connectivity index (χ4n) is 1.07. The van der Waals surface area contributed by atoms with E-state index in [-0.39, 0.29) is 10.7 Å². The fourth-order valence-corrected chi connectivity index (χ4v) is 1.29. The topological polar surface area (TPSA) is 35.2 Å². The molecule has 2 nitrogen and oxygen atoms in total. The van der Waals surface area contributed by atoms with E-state index in [0.717, 1.165) is 6.07 Å². The molecule has 1 aromatic rings. The average Bonchev–Trinajstić information content (AvgIpc) is 2.19. The molecule has 0 fully saturated rings. The average molecular weight is 231 g/mol. The number of hydrogen-bond donors (Lipinski definition) is 1. The minimum Gasteiger partial charge on any atom is -0.480 e. The molecule has 1 aromatic carbocycles. The highest BCUT2D eigenvalue weighted by Gasteiger charge is 2.15. The van der Waals surface area contributed by atoms with Crippen molar-refractivity contribution in [2.24, 2.45) is 5.73 Å². The molecule has 0 amide bonds. The number of benzene rings is 1. The van der Waals surface area contributed by atoms with E-state index >= 15 is 0 Å². The first-order valence-corrected chi connectivity index (χ1v) is 4.87. The summed E-state index contributed by atoms with van der Waals surface area (Å²) in [5.74, 6) is -2.15. The van der Waals surface area contributed by atoms with E-state index in [9.17, 15) is 8.78 Å². The maximum Gasteiger partial charge on any atom is 0.200 e. The molecule has 0 aromatic heterocycles. The van der Waals surface area contributed by atoms with Crippen LogP contribution < -0.4 is 10.5 Å². The third-order valence-corrected chi connectivity index (χ3v) is 2.14. The van der Waals surface area contributed by atoms with Crippen molar-refractivity contribution in [2.75, 3.05) is 0 Å². The molecule has 0 bridgehead atoms. The molecule has 0 saturated heterocycles. The minimum atomic E-state index is -1.02. The molecule has 1 unspecified atom stereocenters. The maximum atomic E-state index is 13.2. The van der Waals surface area contributed by atoms with E-state index in [1.54, 1.807) is 6.92 Å². The first kappa shape index (κ1) is 11.8. The Morgan fingerprint density at radius 1 is 1.53 bits per heavy atom. The molecule has 1 rings (SSSR count). The van der Waals surface area contributed by atoms with Crippen LogP contribution in [0.25, 0.3) is 0 Å². The highest BCUT2D eigenvalue weighted by molar-refractivity contribution is 7.80. The Morgan fingerprint density at radius 3 is 2.73 bits per heavy atom. The third-order valence-electron chi connectivity index (χ3n) is 1.87. The number of ether oxygens (including phenoxy) is 1. The van der Waals surface area contributed by atoms with Crippen LogP contribution >= 0.6 is 12.2 Å². The Labute approximate surface area is 92.0 Å². The van der Waals surface area contributed by atoms with E-state index in [4.69, 9.17) is 22.7 Å². The van der Waals surface area contributed by atoms with Gasteiger partial charge >= 0.3 is 0 Å². The van der Waals surface area contributed by atoms with Gasteiger partial charge in [0.25, 0.3) is 0 Å². The monoisotopic (exact) mass is 231 g/mol. The van der Waals surface area contributed by atoms with Gasteiger partial charge in [-0.1, -0.05) is 25.2 Å². The third kappa shape index (κ3) is 2.86. The molecular formula is C10H11F2NOS. The Kier molecular flexibility index (Phi) is 3.96. The first-order chi connectivity index (χ1) is 7.06. The highest BCUT2D eigenvalue weighted by Crippen LogP contribution is 2.21. The summed E-state index contributed by atoms with van der Waals surface area (Å²) >= 11 is 4.73. The number of hydrogen-bond acceptors (Lipinski definition) is 2. The Balaban J connectivity index is 2.88. The van der Waals surface area contributed by atoms with Crippen LogP contribution in [0.4, 0.5) is 8.78 Å². The molecule has 82 valence electrons. The van der Waals surface area contributed by atoms with Crippen molar-refractivity contribution in [3.05, 3.63) is 29.8 Å². The van der Waals surface area contributed by atoms with Gasteiger partial charge in [0.2, 0.25) is 5.82 Å². The standard InChI is InChI=1S/C10H11F2NOS/c1-2-7(10(13)15)14-8-5-3-4-6(11)9(8)12/h3-5,7H,2H2,1H3,(H2,13,15). The predicted octanol–water partition coefficient (Wildman–Crippen LogP) is 2.41. The lowest BCUT2D eigenvalue weighted by atomic mass is 10.2. The minimum absolute atomic E-state index is 0.126. The normalized spacial score (nSPS) is 12.2. The van der Waals surface area contributed by atoms with Crippen molar-refractivity contribution in [2.45, 2.75) is 19.4 Å². The van der Waals surface area contributed by atoms with Gasteiger partial charge in [0.15, 0.2) is 11.6 Å². The summed E-state index contributed by atoms with van der Waals surface area (Å²) in [7, 11) is 0. The molecular weight excluding hydrogens is 220 g/mol. The van der Waals surface area contributed by atoms with Gasteiger partial charge in [-0.3, -0.25) is 0 Å². The smallest absolute Gasteiger partial charge is 0.200 e. The Morgan fingerprint density at radius 2 is 2.20 bits per heavy atom. The van der Waals surface area contributed by atoms with Gasteiger partial charge in [-0.05, 0) is 18.6 Å². The van der Waals surface area contributed by atoms with Crippen LogP contribution in [0.15, 0.2) is 18.2 Å². The van der Waals surface area contributed by atoms with E-state index in [1.165, 1.54) is 12.1 Å². The van der Waals surface area contributed by atoms with E-state index in [0.29, 0.717) is 6.42 Å². The van der Waals surface area contributed by atoms with Gasteiger partial charge in [-0.15, -0.1) is 0 Å². The molecule has 0 aliphatic rings. The lowest BCUT2D eigenvalue weighted by molar-refractivity contribution is 0.248. The largest absolute Gasteiger partial charge is 0.480 e. The SMILES string of the molecule is CCC(Oc1cccc(F)c1F)C(N)=S. The van der Waals surface area contributed by atoms with Crippen molar-refractivity contribution in [3.8, 4) is 5.75 Å². The van der Waals surface area contributed by atoms with E-state index in [2.05, 4.69) is 0 Å². The van der Waals surface area contributed by atoms with Gasteiger partial charge in [-0.2, -0.15) is 4.39 Å². The zero-order valence-corrected chi connectivity index (χ0v) is 8.98. The van der Waals surface area contributed by atoms with Crippen molar-refractivity contribution in [3.63, 3.8) is 0 Å². The van der Waals surface area contributed by atoms with Crippen LogP contribution in [0.5, 0.6) is 5.75 Å². The van der Waals surface area contributed by atoms with Crippen LogP contribution in [-0.2, 0) is 0 Å². The molecule has 0 aliphatic carbocycles. The van der Waals surface area contributed by atoms with Crippen LogP contribution in [0.3, 0.4) is 0 Å². The summed E-state index contributed by atoms with van der Waals surface area (Å²) in [5, 5.41) is 0. The van der Waals surface area contributed by atoms with Gasteiger partial charge < -0.3 is 10.5 Å². The summed E-state index contributed by atoms with van der Waals surface area (Å²) in [6.45, 7) is 1.79. The quantitative estimate of drug-likeness (QED) is 0.808. The second kappa shape index (κ2) is 5.02. The molecule has 5 heteroatoms. The summed E-state index contributed by atoms with van der Waals surface area (Å²) in [6, 6.07) is 3.71. The molecule has 0 saturated carbocycles. The fraction of sp³-hybridized carbons (Fsp3) is 0.300. The number of thiocarbonyl (C=S) groups is 1. The summed E-state index contributed by atoms with van der Waals surface area (Å²) in [6.07, 6.45) is -0.0676. The van der Waals surface area contributed by atoms with Gasteiger partial charge in [0.1, 0.15) is 11.1 Å². The number of halogens is 2. The molecule has 0 radical (unpaired) electrons. The lowest BCUT2D eigenvalue weighted by Gasteiger charge is -2.16. The highest BCUT2D eigenvalue weighted by atomic mass is 32.1. The Bertz CT molecular complexity index is 370. The first-order valence-electron chi connectivity index (χ1n) is 4.46. The van der Waals surface area contributed by atoms with Crippen LogP contribution in [0.1, 0.15) is 13.3 Å². The summed E-state index contributed by atoms with van der Waals surface area (Å²) in [5.41, 5.74) is 5.37. The molecule has 0 aliphatic heterocycles. The molecule has 0 heterocycles. The molecule has 2 N–H and O–H groups in total. The maximum absolute atomic E-state index is 13.2. The molecule has 1 atom stereocenters. The second-order valence-electron chi connectivity index (χ2n) is 2.97. The van der Waals surface area contributed by atoms with E-state index < -0.39 is 17.7 Å². The van der Waals surface area contributed by atoms with Crippen LogP contribution in [0.2, 0.25) is 0 Å². The zero-order chi connectivity index (χ0) is 11.4. The molecule has 15 heavy (non-hydrogen) atoms. The van der Waals surface area contributed by atoms with Gasteiger partial charge in [-0.25, -0.2) is 4.39 Å². The van der Waals surface area contributed by atoms with Crippen LogP contribution in [0, 0.1) is 11.6 Å². The van der Waals surface area contributed by atoms with Crippen molar-refractivity contribution in [1.82, 2.24) is 0 Å². The summed E-state index contributed by atoms with van der Waals surface area (Å²) in [4.78, 5) is 0.126. The summed E-state index contributed by atoms with van der Waals surface area (Å²) < 4.78 is 31.1. The van der Waals surface area contributed by atoms with Crippen LogP contribution in [-0.4, -0.2) is 11.1 Å². The number of nitrogens with two attached hydrogens (primary N) is 1. The van der Waals surface area contributed by atoms with Gasteiger partial charge in [0, 0.05) is 0 Å².